The quantitative estimate of drug-likeness (QED) is 0.758. The second-order valence-electron chi connectivity index (χ2n) is 2.92. The highest BCUT2D eigenvalue weighted by atomic mass is 16.4. The molecular formula is C9H13N3O2. The van der Waals surface area contributed by atoms with Crippen LogP contribution in [0.4, 0.5) is 5.82 Å². The van der Waals surface area contributed by atoms with Crippen molar-refractivity contribution in [3.8, 4) is 0 Å². The van der Waals surface area contributed by atoms with Gasteiger partial charge in [0.15, 0.2) is 0 Å². The fourth-order valence-electron chi connectivity index (χ4n) is 1.26. The summed E-state index contributed by atoms with van der Waals surface area (Å²) < 4.78 is 0. The van der Waals surface area contributed by atoms with Crippen LogP contribution in [-0.2, 0) is 0 Å². The third-order valence-electron chi connectivity index (χ3n) is 1.76. The third-order valence-corrected chi connectivity index (χ3v) is 1.76. The smallest absolute Gasteiger partial charge is 0.341 e. The molecule has 0 radical (unpaired) electrons. The van der Waals surface area contributed by atoms with Crippen LogP contribution in [0.1, 0.15) is 28.8 Å². The molecule has 2 N–H and O–H groups in total. The predicted molar refractivity (Wildman–Crippen MR) is 52.6 cm³/mol. The van der Waals surface area contributed by atoms with Crippen LogP contribution < -0.4 is 5.32 Å². The molecule has 0 aliphatic carbocycles. The number of hydrogen-bond acceptors (Lipinski definition) is 4. The molecule has 0 fully saturated rings. The maximum atomic E-state index is 10.9. The summed E-state index contributed by atoms with van der Waals surface area (Å²) >= 11 is 0. The van der Waals surface area contributed by atoms with Crippen molar-refractivity contribution in [2.24, 2.45) is 0 Å². The summed E-state index contributed by atoms with van der Waals surface area (Å²) in [6.45, 7) is 5.92. The molecule has 5 nitrogen and oxygen atoms in total. The van der Waals surface area contributed by atoms with Gasteiger partial charge in [-0.25, -0.2) is 14.8 Å². The molecule has 0 spiro atoms. The molecule has 1 aromatic rings. The number of carboxylic acids is 1. The molecule has 0 amide bonds. The van der Waals surface area contributed by atoms with E-state index in [1.165, 1.54) is 0 Å². The zero-order valence-electron chi connectivity index (χ0n) is 8.46. The van der Waals surface area contributed by atoms with Gasteiger partial charge in [-0.1, -0.05) is 0 Å². The Morgan fingerprint density at radius 1 is 1.43 bits per heavy atom. The van der Waals surface area contributed by atoms with Crippen molar-refractivity contribution in [1.29, 1.82) is 0 Å². The average molecular weight is 195 g/mol. The summed E-state index contributed by atoms with van der Waals surface area (Å²) in [5.41, 5.74) is 0.637. The first-order chi connectivity index (χ1) is 6.56. The van der Waals surface area contributed by atoms with E-state index >= 15 is 0 Å². The molecular weight excluding hydrogens is 182 g/mol. The van der Waals surface area contributed by atoms with Crippen molar-refractivity contribution < 1.29 is 9.90 Å². The highest BCUT2D eigenvalue weighted by Crippen LogP contribution is 2.15. The largest absolute Gasteiger partial charge is 0.477 e. The van der Waals surface area contributed by atoms with E-state index in [1.54, 1.807) is 13.8 Å². The van der Waals surface area contributed by atoms with Crippen LogP contribution in [0.2, 0.25) is 0 Å². The zero-order chi connectivity index (χ0) is 10.7. The lowest BCUT2D eigenvalue weighted by atomic mass is 10.2. The lowest BCUT2D eigenvalue weighted by molar-refractivity contribution is 0.0696. The highest BCUT2D eigenvalue weighted by molar-refractivity contribution is 5.94. The Balaban J connectivity index is 3.28. The number of anilines is 1. The molecule has 0 aliphatic heterocycles. The summed E-state index contributed by atoms with van der Waals surface area (Å²) in [6, 6.07) is 0. The van der Waals surface area contributed by atoms with Gasteiger partial charge in [0.2, 0.25) is 0 Å². The molecule has 1 rings (SSSR count). The fourth-order valence-corrected chi connectivity index (χ4v) is 1.26. The Morgan fingerprint density at radius 3 is 2.57 bits per heavy atom. The molecule has 0 unspecified atom stereocenters. The van der Waals surface area contributed by atoms with Gasteiger partial charge >= 0.3 is 5.97 Å². The molecule has 1 aromatic heterocycles. The van der Waals surface area contributed by atoms with Gasteiger partial charge in [-0.15, -0.1) is 0 Å². The van der Waals surface area contributed by atoms with Gasteiger partial charge in [0, 0.05) is 6.54 Å². The van der Waals surface area contributed by atoms with Crippen molar-refractivity contribution in [2.75, 3.05) is 11.9 Å². The standard InChI is InChI=1S/C9H13N3O2/c1-4-10-8-7(9(13)14)5(2)11-6(3)12-8/h4H2,1-3H3,(H,13,14)(H,10,11,12). The lowest BCUT2D eigenvalue weighted by Crippen LogP contribution is -2.12. The number of carboxylic acid groups (broad SMARTS) is 1. The van der Waals surface area contributed by atoms with Gasteiger partial charge in [0.05, 0.1) is 5.69 Å². The van der Waals surface area contributed by atoms with Gasteiger partial charge in [-0.3, -0.25) is 0 Å². The number of hydrogen-bond donors (Lipinski definition) is 2. The first-order valence-corrected chi connectivity index (χ1v) is 4.38. The molecule has 0 aromatic carbocycles. The number of aryl methyl sites for hydroxylation is 2. The molecule has 76 valence electrons. The van der Waals surface area contributed by atoms with E-state index in [-0.39, 0.29) is 5.56 Å². The Bertz CT molecular complexity index is 363. The third kappa shape index (κ3) is 1.99. The fraction of sp³-hybridized carbons (Fsp3) is 0.444. The minimum atomic E-state index is -1.00. The second kappa shape index (κ2) is 4.04. The molecule has 0 bridgehead atoms. The number of aromatic carboxylic acids is 1. The molecule has 14 heavy (non-hydrogen) atoms. The van der Waals surface area contributed by atoms with Gasteiger partial charge in [0.1, 0.15) is 17.2 Å². The van der Waals surface area contributed by atoms with Crippen molar-refractivity contribution in [3.05, 3.63) is 17.1 Å². The second-order valence-corrected chi connectivity index (χ2v) is 2.92. The van der Waals surface area contributed by atoms with Crippen LogP contribution in [0.5, 0.6) is 0 Å². The summed E-state index contributed by atoms with van der Waals surface area (Å²) in [7, 11) is 0. The SMILES string of the molecule is CCNc1nc(C)nc(C)c1C(=O)O. The van der Waals surface area contributed by atoms with E-state index in [0.717, 1.165) is 0 Å². The number of aromatic nitrogens is 2. The minimum Gasteiger partial charge on any atom is -0.477 e. The summed E-state index contributed by atoms with van der Waals surface area (Å²) in [5, 5.41) is 11.9. The van der Waals surface area contributed by atoms with E-state index in [2.05, 4.69) is 15.3 Å². The van der Waals surface area contributed by atoms with Crippen molar-refractivity contribution >= 4 is 11.8 Å². The maximum Gasteiger partial charge on any atom is 0.341 e. The first kappa shape index (κ1) is 10.4. The average Bonchev–Trinajstić information content (AvgIpc) is 2.01. The van der Waals surface area contributed by atoms with Crippen molar-refractivity contribution in [2.45, 2.75) is 20.8 Å². The van der Waals surface area contributed by atoms with Crippen LogP contribution in [0.15, 0.2) is 0 Å². The van der Waals surface area contributed by atoms with Gasteiger partial charge in [0.25, 0.3) is 0 Å². The Labute approximate surface area is 82.2 Å². The van der Waals surface area contributed by atoms with E-state index in [0.29, 0.717) is 23.9 Å². The summed E-state index contributed by atoms with van der Waals surface area (Å²) in [6.07, 6.45) is 0. The van der Waals surface area contributed by atoms with Crippen LogP contribution in [0, 0.1) is 13.8 Å². The number of nitrogens with one attached hydrogen (secondary N) is 1. The van der Waals surface area contributed by atoms with Crippen molar-refractivity contribution in [1.82, 2.24) is 9.97 Å². The summed E-state index contributed by atoms with van der Waals surface area (Å²) in [5.74, 6) is -0.0353. The van der Waals surface area contributed by atoms with Gasteiger partial charge < -0.3 is 10.4 Å². The molecule has 0 saturated heterocycles. The minimum absolute atomic E-state index is 0.150. The number of carbonyl (C=O) groups is 1. The number of rotatable bonds is 3. The lowest BCUT2D eigenvalue weighted by Gasteiger charge is -2.09. The molecule has 0 aliphatic rings. The van der Waals surface area contributed by atoms with Crippen LogP contribution in [0.3, 0.4) is 0 Å². The van der Waals surface area contributed by atoms with E-state index in [4.69, 9.17) is 5.11 Å². The van der Waals surface area contributed by atoms with Gasteiger partial charge in [-0.05, 0) is 20.8 Å². The maximum absolute atomic E-state index is 10.9. The monoisotopic (exact) mass is 195 g/mol. The summed E-state index contributed by atoms with van der Waals surface area (Å²) in [4.78, 5) is 19.0. The van der Waals surface area contributed by atoms with Crippen LogP contribution >= 0.6 is 0 Å². The predicted octanol–water partition coefficient (Wildman–Crippen LogP) is 1.22. The molecule has 1 heterocycles. The van der Waals surface area contributed by atoms with E-state index < -0.39 is 5.97 Å². The van der Waals surface area contributed by atoms with Crippen molar-refractivity contribution in [3.63, 3.8) is 0 Å². The van der Waals surface area contributed by atoms with Crippen LogP contribution in [-0.4, -0.2) is 27.6 Å². The topological polar surface area (TPSA) is 75.1 Å². The number of nitrogens with zero attached hydrogens (tertiary/aromatic N) is 2. The zero-order valence-corrected chi connectivity index (χ0v) is 8.46. The van der Waals surface area contributed by atoms with Crippen LogP contribution in [0.25, 0.3) is 0 Å². The molecule has 5 heteroatoms. The Hall–Kier alpha value is -1.65. The molecule has 0 saturated carbocycles. The van der Waals surface area contributed by atoms with Gasteiger partial charge in [-0.2, -0.15) is 0 Å². The first-order valence-electron chi connectivity index (χ1n) is 4.38. The normalized spacial score (nSPS) is 9.93. The highest BCUT2D eigenvalue weighted by Gasteiger charge is 2.15. The Morgan fingerprint density at radius 2 is 2.07 bits per heavy atom. The van der Waals surface area contributed by atoms with E-state index in [9.17, 15) is 4.79 Å². The Kier molecular flexibility index (Phi) is 3.01. The van der Waals surface area contributed by atoms with E-state index in [1.807, 2.05) is 6.92 Å². The molecule has 0 atom stereocenters.